The number of piperazine rings is 1. The number of sulfonamides is 1. The number of benzene rings is 1. The molecule has 6 nitrogen and oxygen atoms in total. The molecule has 0 amide bonds. The second-order valence-electron chi connectivity index (χ2n) is 6.61. The third-order valence-corrected chi connectivity index (χ3v) is 6.83. The molecule has 0 radical (unpaired) electrons. The van der Waals surface area contributed by atoms with Crippen molar-refractivity contribution in [3.8, 4) is 0 Å². The van der Waals surface area contributed by atoms with Crippen molar-refractivity contribution in [1.29, 1.82) is 0 Å². The Morgan fingerprint density at radius 3 is 2.20 bits per heavy atom. The summed E-state index contributed by atoms with van der Waals surface area (Å²) in [6.45, 7) is 9.45. The third-order valence-electron chi connectivity index (χ3n) is 4.93. The molecule has 0 saturated carbocycles. The Kier molecular flexibility index (Phi) is 6.06. The number of aryl methyl sites for hydroxylation is 1. The summed E-state index contributed by atoms with van der Waals surface area (Å²) in [5.41, 5.74) is 0.352. The number of rotatable bonds is 5. The predicted molar refractivity (Wildman–Crippen MR) is 93.6 cm³/mol. The summed E-state index contributed by atoms with van der Waals surface area (Å²) in [6, 6.07) is 3.98. The molecule has 140 valence electrons. The quantitative estimate of drug-likeness (QED) is 0.765. The van der Waals surface area contributed by atoms with Crippen LogP contribution < -0.4 is 0 Å². The number of hydrogen-bond donors (Lipinski definition) is 0. The lowest BCUT2D eigenvalue weighted by molar-refractivity contribution is 0.0317. The molecule has 0 bridgehead atoms. The molecule has 0 unspecified atom stereocenters. The van der Waals surface area contributed by atoms with Crippen LogP contribution in [0.2, 0.25) is 0 Å². The van der Waals surface area contributed by atoms with Crippen LogP contribution in [-0.4, -0.2) is 88.1 Å². The Bertz CT molecular complexity index is 684. The highest BCUT2D eigenvalue weighted by Gasteiger charge is 2.28. The zero-order valence-electron chi connectivity index (χ0n) is 14.7. The highest BCUT2D eigenvalue weighted by molar-refractivity contribution is 7.89. The van der Waals surface area contributed by atoms with E-state index < -0.39 is 10.0 Å². The minimum atomic E-state index is -3.55. The average Bonchev–Trinajstić information content (AvgIpc) is 2.63. The minimum absolute atomic E-state index is 0.174. The Labute approximate surface area is 149 Å². The van der Waals surface area contributed by atoms with Gasteiger partial charge in [0.2, 0.25) is 10.0 Å². The first-order valence-corrected chi connectivity index (χ1v) is 10.2. The Morgan fingerprint density at radius 1 is 1.00 bits per heavy atom. The molecule has 2 fully saturated rings. The molecule has 0 N–H and O–H groups in total. The van der Waals surface area contributed by atoms with E-state index in [9.17, 15) is 12.8 Å². The normalized spacial score (nSPS) is 21.5. The van der Waals surface area contributed by atoms with Crippen LogP contribution in [0, 0.1) is 12.7 Å². The van der Waals surface area contributed by atoms with Gasteiger partial charge in [0.25, 0.3) is 0 Å². The van der Waals surface area contributed by atoms with E-state index in [0.29, 0.717) is 18.7 Å². The van der Waals surface area contributed by atoms with E-state index in [4.69, 9.17) is 4.74 Å². The summed E-state index contributed by atoms with van der Waals surface area (Å²) in [7, 11) is -3.55. The van der Waals surface area contributed by atoms with E-state index in [-0.39, 0.29) is 10.7 Å². The van der Waals surface area contributed by atoms with Gasteiger partial charge in [-0.1, -0.05) is 0 Å². The van der Waals surface area contributed by atoms with Crippen molar-refractivity contribution in [2.75, 3.05) is 65.6 Å². The van der Waals surface area contributed by atoms with Gasteiger partial charge in [0.1, 0.15) is 5.82 Å². The van der Waals surface area contributed by atoms with Crippen LogP contribution in [0.15, 0.2) is 23.1 Å². The van der Waals surface area contributed by atoms with Gasteiger partial charge in [0, 0.05) is 52.4 Å². The number of hydrogen-bond acceptors (Lipinski definition) is 5. The molecule has 2 aliphatic rings. The molecule has 0 aliphatic carbocycles. The first-order valence-electron chi connectivity index (χ1n) is 8.75. The molecule has 1 aromatic rings. The van der Waals surface area contributed by atoms with Crippen LogP contribution in [0.5, 0.6) is 0 Å². The van der Waals surface area contributed by atoms with Gasteiger partial charge in [-0.05, 0) is 30.7 Å². The van der Waals surface area contributed by atoms with Crippen molar-refractivity contribution in [3.05, 3.63) is 29.6 Å². The maximum atomic E-state index is 13.4. The van der Waals surface area contributed by atoms with Gasteiger partial charge in [0.05, 0.1) is 18.1 Å². The van der Waals surface area contributed by atoms with Crippen LogP contribution in [0.25, 0.3) is 0 Å². The second-order valence-corrected chi connectivity index (χ2v) is 8.55. The van der Waals surface area contributed by atoms with E-state index in [2.05, 4.69) is 9.80 Å². The first-order chi connectivity index (χ1) is 12.0. The Hall–Kier alpha value is -1.06. The van der Waals surface area contributed by atoms with E-state index in [1.807, 2.05) is 0 Å². The van der Waals surface area contributed by atoms with Gasteiger partial charge >= 0.3 is 0 Å². The van der Waals surface area contributed by atoms with Crippen LogP contribution in [0.1, 0.15) is 5.56 Å². The molecule has 1 aromatic carbocycles. The fourth-order valence-corrected chi connectivity index (χ4v) is 4.74. The third kappa shape index (κ3) is 4.57. The summed E-state index contributed by atoms with van der Waals surface area (Å²) < 4.78 is 45.7. The van der Waals surface area contributed by atoms with Crippen molar-refractivity contribution in [3.63, 3.8) is 0 Å². The summed E-state index contributed by atoms with van der Waals surface area (Å²) in [4.78, 5) is 4.86. The fraction of sp³-hybridized carbons (Fsp3) is 0.647. The summed E-state index contributed by atoms with van der Waals surface area (Å²) in [6.07, 6.45) is 0. The number of nitrogens with zero attached hydrogens (tertiary/aromatic N) is 3. The first kappa shape index (κ1) is 18.7. The Morgan fingerprint density at radius 2 is 1.60 bits per heavy atom. The van der Waals surface area contributed by atoms with Crippen LogP contribution in [0.4, 0.5) is 4.39 Å². The molecule has 2 heterocycles. The minimum Gasteiger partial charge on any atom is -0.379 e. The van der Waals surface area contributed by atoms with E-state index in [1.165, 1.54) is 22.5 Å². The number of halogens is 1. The number of ether oxygens (including phenoxy) is 1. The summed E-state index contributed by atoms with van der Waals surface area (Å²) in [5.74, 6) is -0.383. The fourth-order valence-electron chi connectivity index (χ4n) is 3.23. The van der Waals surface area contributed by atoms with Crippen LogP contribution in [-0.2, 0) is 14.8 Å². The zero-order valence-corrected chi connectivity index (χ0v) is 15.5. The molecule has 0 spiro atoms. The maximum absolute atomic E-state index is 13.4. The van der Waals surface area contributed by atoms with Crippen molar-refractivity contribution in [1.82, 2.24) is 14.1 Å². The molecule has 3 rings (SSSR count). The number of morpholine rings is 1. The molecule has 0 aromatic heterocycles. The van der Waals surface area contributed by atoms with Gasteiger partial charge in [-0.2, -0.15) is 4.31 Å². The topological polar surface area (TPSA) is 53.1 Å². The van der Waals surface area contributed by atoms with Crippen molar-refractivity contribution >= 4 is 10.0 Å². The summed E-state index contributed by atoms with van der Waals surface area (Å²) >= 11 is 0. The average molecular weight is 371 g/mol. The maximum Gasteiger partial charge on any atom is 0.243 e. The van der Waals surface area contributed by atoms with E-state index in [1.54, 1.807) is 6.92 Å². The smallest absolute Gasteiger partial charge is 0.243 e. The van der Waals surface area contributed by atoms with Crippen LogP contribution >= 0.6 is 0 Å². The predicted octanol–water partition coefficient (Wildman–Crippen LogP) is 0.773. The van der Waals surface area contributed by atoms with Gasteiger partial charge in [-0.15, -0.1) is 0 Å². The van der Waals surface area contributed by atoms with Crippen LogP contribution in [0.3, 0.4) is 0 Å². The SMILES string of the molecule is Cc1cc(S(=O)(=O)N2CCN(CCN3CCOCC3)CC2)ccc1F. The van der Waals surface area contributed by atoms with Gasteiger partial charge in [-0.3, -0.25) is 9.80 Å². The monoisotopic (exact) mass is 371 g/mol. The van der Waals surface area contributed by atoms with Gasteiger partial charge in [-0.25, -0.2) is 12.8 Å². The molecular formula is C17H26FN3O3S. The lowest BCUT2D eigenvalue weighted by atomic mass is 10.2. The molecular weight excluding hydrogens is 345 g/mol. The largest absolute Gasteiger partial charge is 0.379 e. The summed E-state index contributed by atoms with van der Waals surface area (Å²) in [5, 5.41) is 0. The highest BCUT2D eigenvalue weighted by Crippen LogP contribution is 2.20. The van der Waals surface area contributed by atoms with Gasteiger partial charge in [0.15, 0.2) is 0 Å². The lowest BCUT2D eigenvalue weighted by Gasteiger charge is -2.35. The Balaban J connectivity index is 1.53. The molecule has 2 aliphatic heterocycles. The molecule has 0 atom stereocenters. The van der Waals surface area contributed by atoms with Crippen molar-refractivity contribution in [2.45, 2.75) is 11.8 Å². The highest BCUT2D eigenvalue weighted by atomic mass is 32.2. The van der Waals surface area contributed by atoms with Crippen molar-refractivity contribution < 1.29 is 17.5 Å². The van der Waals surface area contributed by atoms with Crippen molar-refractivity contribution in [2.24, 2.45) is 0 Å². The van der Waals surface area contributed by atoms with Gasteiger partial charge < -0.3 is 4.74 Å². The molecule has 8 heteroatoms. The lowest BCUT2D eigenvalue weighted by Crippen LogP contribution is -2.50. The second kappa shape index (κ2) is 8.09. The zero-order chi connectivity index (χ0) is 17.9. The molecule has 25 heavy (non-hydrogen) atoms. The van der Waals surface area contributed by atoms with E-state index >= 15 is 0 Å². The molecule has 2 saturated heterocycles. The van der Waals surface area contributed by atoms with E-state index in [0.717, 1.165) is 52.5 Å². The standard InChI is InChI=1S/C17H26FN3O3S/c1-15-14-16(2-3-17(15)18)25(22,23)21-8-6-19(7-9-21)4-5-20-10-12-24-13-11-20/h2-3,14H,4-13H2,1H3.